The van der Waals surface area contributed by atoms with Crippen LogP contribution in [0.5, 0.6) is 11.5 Å². The number of carbonyl (C=O) groups is 1. The first kappa shape index (κ1) is 25.7. The van der Waals surface area contributed by atoms with Gasteiger partial charge in [0.05, 0.1) is 0 Å². The number of carbonyl (C=O) groups excluding carboxylic acids is 1. The molecule has 0 fully saturated rings. The third-order valence-corrected chi connectivity index (χ3v) is 2.27. The molecule has 23 heavy (non-hydrogen) atoms. The van der Waals surface area contributed by atoms with E-state index in [-0.39, 0.29) is 52.4 Å². The molecule has 0 unspecified atom stereocenters. The van der Waals surface area contributed by atoms with E-state index in [9.17, 15) is 14.9 Å². The van der Waals surface area contributed by atoms with Gasteiger partial charge in [0.15, 0.2) is 5.97 Å². The predicted octanol–water partition coefficient (Wildman–Crippen LogP) is 1.91. The SMILES string of the molecule is C[N-]COc1cc(C)c(OC(=O)[CH-]O[N+](=O)[O-])cc1C.[Re].[Rf].[Ru+]. The average molecular weight is 837 g/mol. The Bertz CT molecular complexity index is 521. The van der Waals surface area contributed by atoms with E-state index in [1.165, 1.54) is 0 Å². The number of hydrogen-bond acceptors (Lipinski definition) is 6. The maximum Gasteiger partial charge on any atom is 1.00 e. The van der Waals surface area contributed by atoms with Gasteiger partial charge in [0.25, 0.3) is 5.09 Å². The first-order chi connectivity index (χ1) is 9.43. The van der Waals surface area contributed by atoms with Crippen molar-refractivity contribution in [3.8, 4) is 11.5 Å². The molecule has 11 heteroatoms. The van der Waals surface area contributed by atoms with Gasteiger partial charge in [0.1, 0.15) is 11.5 Å². The van der Waals surface area contributed by atoms with Crippen LogP contribution in [0.4, 0.5) is 0 Å². The van der Waals surface area contributed by atoms with E-state index in [1.807, 2.05) is 0 Å². The summed E-state index contributed by atoms with van der Waals surface area (Å²) >= 11 is 0. The molecule has 0 heterocycles. The molecule has 0 atom stereocenters. The fourth-order valence-corrected chi connectivity index (χ4v) is 1.38. The molecule has 1 aromatic rings. The van der Waals surface area contributed by atoms with Crippen LogP contribution in [0.3, 0.4) is 0 Å². The second-order valence-electron chi connectivity index (χ2n) is 3.84. The molecule has 1 aromatic carbocycles. The van der Waals surface area contributed by atoms with Crippen LogP contribution in [0.1, 0.15) is 11.1 Å². The van der Waals surface area contributed by atoms with Crippen LogP contribution in [-0.2, 0) is 49.5 Å². The van der Waals surface area contributed by atoms with Gasteiger partial charge in [-0.15, -0.1) is 16.7 Å². The molecule has 0 saturated carbocycles. The minimum atomic E-state index is -1.11. The monoisotopic (exact) mass is 838 g/mol. The minimum absolute atomic E-state index is 0. The summed E-state index contributed by atoms with van der Waals surface area (Å²) in [5.74, 6) is -0.0728. The average Bonchev–Trinajstić information content (AvgIpc) is 2.38. The Morgan fingerprint density at radius 2 is 1.83 bits per heavy atom. The van der Waals surface area contributed by atoms with E-state index in [0.717, 1.165) is 5.56 Å². The zero-order chi connectivity index (χ0) is 15.1. The van der Waals surface area contributed by atoms with Crippen molar-refractivity contribution in [1.82, 2.24) is 0 Å². The Morgan fingerprint density at radius 3 is 2.35 bits per heavy atom. The van der Waals surface area contributed by atoms with Gasteiger partial charge in [0, 0.05) is 27.2 Å². The maximum atomic E-state index is 11.3. The first-order valence-corrected chi connectivity index (χ1v) is 5.60. The molecule has 0 amide bonds. The van der Waals surface area contributed by atoms with Crippen molar-refractivity contribution in [3.63, 3.8) is 0 Å². The molecule has 0 aliphatic heterocycles. The summed E-state index contributed by atoms with van der Waals surface area (Å²) in [5, 5.41) is 12.7. The first-order valence-electron chi connectivity index (χ1n) is 5.60. The normalized spacial score (nSPS) is 8.48. The molecule has 0 saturated heterocycles. The third kappa shape index (κ3) is 8.74. The van der Waals surface area contributed by atoms with Crippen LogP contribution in [0.25, 0.3) is 5.32 Å². The molecule has 0 spiro atoms. The third-order valence-electron chi connectivity index (χ3n) is 2.27. The number of nitrogens with zero attached hydrogens (tertiary/aromatic N) is 2. The largest absolute Gasteiger partial charge is 1.00 e. The fraction of sp³-hybridized carbons (Fsp3) is 0.333. The predicted molar refractivity (Wildman–Crippen MR) is 68.7 cm³/mol. The minimum Gasteiger partial charge on any atom is -0.632 e. The molecule has 0 aromatic heterocycles. The molecular weight excluding hydrogens is 822 g/mol. The fourth-order valence-electron chi connectivity index (χ4n) is 1.38. The Hall–Kier alpha value is -2.19. The Kier molecular flexibility index (Phi) is 13.8. The summed E-state index contributed by atoms with van der Waals surface area (Å²) < 4.78 is 10.3. The van der Waals surface area contributed by atoms with Gasteiger partial charge in [-0.3, -0.25) is 4.79 Å². The van der Waals surface area contributed by atoms with Crippen molar-refractivity contribution in [1.29, 1.82) is 0 Å². The van der Waals surface area contributed by atoms with E-state index in [4.69, 9.17) is 9.47 Å². The molecule has 8 nitrogen and oxygen atoms in total. The van der Waals surface area contributed by atoms with Crippen LogP contribution in [0.2, 0.25) is 0 Å². The van der Waals surface area contributed by atoms with Gasteiger partial charge in [-0.05, 0) is 37.1 Å². The van der Waals surface area contributed by atoms with Crippen molar-refractivity contribution in [2.75, 3.05) is 13.8 Å². The van der Waals surface area contributed by atoms with E-state index >= 15 is 0 Å². The smallest absolute Gasteiger partial charge is 0.632 e. The molecule has 0 aliphatic carbocycles. The molecule has 0 aliphatic rings. The maximum absolute atomic E-state index is 11.3. The van der Waals surface area contributed by atoms with Crippen LogP contribution in [-0.4, -0.2) is 24.8 Å². The van der Waals surface area contributed by atoms with Gasteiger partial charge >= 0.3 is 19.5 Å². The molecular formula is C12H14N2O6ReRfRu-. The summed E-state index contributed by atoms with van der Waals surface area (Å²) in [6.45, 7) is 4.10. The van der Waals surface area contributed by atoms with Crippen LogP contribution >= 0.6 is 0 Å². The van der Waals surface area contributed by atoms with E-state index in [0.29, 0.717) is 17.9 Å². The Balaban J connectivity index is -0.00000133. The number of esters is 1. The quantitative estimate of drug-likeness (QED) is 0.104. The van der Waals surface area contributed by atoms with Gasteiger partial charge in [0.2, 0.25) is 0 Å². The van der Waals surface area contributed by atoms with Crippen molar-refractivity contribution in [3.05, 3.63) is 45.3 Å². The van der Waals surface area contributed by atoms with E-state index in [2.05, 4.69) is 10.2 Å². The summed E-state index contributed by atoms with van der Waals surface area (Å²) in [6.07, 6.45) is 0. The number of hydrogen-bond donors (Lipinski definition) is 0. The molecule has 1 rings (SSSR count). The second kappa shape index (κ2) is 12.4. The van der Waals surface area contributed by atoms with Crippen LogP contribution in [0.15, 0.2) is 12.1 Å². The van der Waals surface area contributed by atoms with Crippen molar-refractivity contribution in [2.24, 2.45) is 0 Å². The number of ether oxygens (including phenoxy) is 2. The van der Waals surface area contributed by atoms with E-state index < -0.39 is 11.1 Å². The zero-order valence-corrected chi connectivity index (χ0v) is 23.6. The van der Waals surface area contributed by atoms with Crippen LogP contribution < -0.4 is 9.47 Å². The summed E-state index contributed by atoms with van der Waals surface area (Å²) in [5.41, 5.74) is 1.39. The van der Waals surface area contributed by atoms with Crippen molar-refractivity contribution < 1.29 is 64.1 Å². The number of rotatable bonds is 7. The topological polar surface area (TPSA) is 102 Å². The van der Waals surface area contributed by atoms with Crippen LogP contribution in [0, 0.1) is 30.6 Å². The van der Waals surface area contributed by atoms with Gasteiger partial charge in [-0.25, -0.2) is 0 Å². The summed E-state index contributed by atoms with van der Waals surface area (Å²) in [4.78, 5) is 25.0. The zero-order valence-electron chi connectivity index (χ0n) is 12.7. The molecule has 2 radical (unpaired) electrons. The van der Waals surface area contributed by atoms with Gasteiger partial charge in [-0.1, -0.05) is 0 Å². The standard InChI is InChI=1S/C12H14N2O6.Re.Rf.Ru/c1-8-5-11(20-12(15)6-19-14(16)17)9(2)4-10(8)18-7-13-3;;;/h4-6H,7H2,1-3H3;;;/q-2;;;+1. The number of benzene rings is 1. The van der Waals surface area contributed by atoms with Crippen molar-refractivity contribution >= 4 is 5.97 Å². The molecule has 126 valence electrons. The van der Waals surface area contributed by atoms with Gasteiger partial charge < -0.3 is 19.6 Å². The Labute approximate surface area is 154 Å². The summed E-state index contributed by atoms with van der Waals surface area (Å²) in [7, 11) is 1.63. The summed E-state index contributed by atoms with van der Waals surface area (Å²) in [6, 6.07) is 3.29. The van der Waals surface area contributed by atoms with Gasteiger partial charge in [-0.2, -0.15) is 7.05 Å². The molecule has 0 N–H and O–H groups in total. The second-order valence-corrected chi connectivity index (χ2v) is 3.84. The number of aryl methyl sites for hydroxylation is 2. The van der Waals surface area contributed by atoms with Crippen molar-refractivity contribution in [2.45, 2.75) is 13.8 Å². The Morgan fingerprint density at radius 1 is 1.30 bits per heavy atom. The molecule has 0 bridgehead atoms. The van der Waals surface area contributed by atoms with E-state index in [1.54, 1.807) is 33.0 Å².